The van der Waals surface area contributed by atoms with E-state index < -0.39 is 11.7 Å². The van der Waals surface area contributed by atoms with E-state index in [-0.39, 0.29) is 22.3 Å². The van der Waals surface area contributed by atoms with Gasteiger partial charge in [0, 0.05) is 32.7 Å². The largest absolute Gasteiger partial charge is 0.417 e. The van der Waals surface area contributed by atoms with Crippen molar-refractivity contribution in [2.45, 2.75) is 31.9 Å². The number of hydrogen-bond acceptors (Lipinski definition) is 2. The van der Waals surface area contributed by atoms with E-state index in [9.17, 15) is 10.5 Å². The molecule has 0 saturated heterocycles. The number of halogens is 3. The van der Waals surface area contributed by atoms with Crippen molar-refractivity contribution < 1.29 is 13.2 Å². The van der Waals surface area contributed by atoms with E-state index in [1.165, 1.54) is 12.1 Å². The number of nitriles is 2. The summed E-state index contributed by atoms with van der Waals surface area (Å²) in [5.74, 6) is 0. The number of benzene rings is 6. The van der Waals surface area contributed by atoms with Gasteiger partial charge < -0.3 is 9.13 Å². The molecule has 0 spiro atoms. The highest BCUT2D eigenvalue weighted by atomic mass is 19.4. The highest BCUT2D eigenvalue weighted by Gasteiger charge is 2.37. The summed E-state index contributed by atoms with van der Waals surface area (Å²) in [5.41, 5.74) is 7.15. The average Bonchev–Trinajstić information content (AvgIpc) is 3.92. The summed E-state index contributed by atoms with van der Waals surface area (Å²) in [4.78, 5) is 0. The predicted octanol–water partition coefficient (Wildman–Crippen LogP) is 13.0. The molecule has 0 N–H and O–H groups in total. The lowest BCUT2D eigenvalue weighted by atomic mass is 9.90. The molecule has 0 bridgehead atoms. The van der Waals surface area contributed by atoms with Gasteiger partial charge in [-0.3, -0.25) is 0 Å². The Morgan fingerprint density at radius 1 is 0.414 bits per heavy atom. The number of fused-ring (bicyclic) bond motifs is 6. The number of aromatic nitrogens is 2. The molecule has 7 heteroatoms. The monoisotopic (exact) mass is 910 g/mol. The Morgan fingerprint density at radius 2 is 0.786 bits per heavy atom. The Morgan fingerprint density at radius 3 is 1.09 bits per heavy atom. The van der Waals surface area contributed by atoms with Crippen molar-refractivity contribution in [2.24, 2.45) is 0 Å². The van der Waals surface area contributed by atoms with Gasteiger partial charge in [0.2, 0.25) is 0 Å². The van der Waals surface area contributed by atoms with Crippen molar-refractivity contribution in [3.63, 3.8) is 0 Å². The smallest absolute Gasteiger partial charge is 0.308 e. The van der Waals surface area contributed by atoms with Gasteiger partial charge in [-0.15, -0.1) is 0 Å². The van der Waals surface area contributed by atoms with Gasteiger partial charge in [-0.1, -0.05) is 152 Å². The van der Waals surface area contributed by atoms with E-state index in [0.717, 1.165) is 92.8 Å². The fourth-order valence-electron chi connectivity index (χ4n) is 10.7. The Bertz CT molecular complexity index is 3810. The standard InChI is InChI=1S/C63H41F3N4/c64-63(65,66)54-23-13-22-49(39-68)61(54)62-59(69-55-34-45(41-14-5-1-6-15-41)24-28-50(55)51-29-25-46(35-56(51)69)42-16-7-2-8-17-42)32-40(38-67)33-60(62)70-57-36-47(43-18-9-3-10-19-43)26-30-52(57)53-31-27-48(37-58(53)70)44-20-11-4-12-21-44/h1-14,16,18,20,22-37H,15,17,19,21H2. The minimum atomic E-state index is -4.86. The van der Waals surface area contributed by atoms with Crippen LogP contribution in [0.15, 0.2) is 200 Å². The van der Waals surface area contributed by atoms with Crippen molar-refractivity contribution in [3.8, 4) is 34.6 Å². The number of rotatable bonds is 3. The van der Waals surface area contributed by atoms with Gasteiger partial charge in [-0.25, -0.2) is 0 Å². The first-order chi connectivity index (χ1) is 34.3. The van der Waals surface area contributed by atoms with Crippen molar-refractivity contribution in [2.75, 3.05) is 0 Å². The summed E-state index contributed by atoms with van der Waals surface area (Å²) in [5, 5.41) is 29.6. The summed E-state index contributed by atoms with van der Waals surface area (Å²) in [6, 6.07) is 37.0. The van der Waals surface area contributed by atoms with Gasteiger partial charge in [0.15, 0.2) is 0 Å². The van der Waals surface area contributed by atoms with Gasteiger partial charge in [-0.05, 0) is 117 Å². The second-order valence-electron chi connectivity index (χ2n) is 18.0. The van der Waals surface area contributed by atoms with Crippen molar-refractivity contribution in [1.29, 1.82) is 10.5 Å². The lowest BCUT2D eigenvalue weighted by Gasteiger charge is -2.24. The molecule has 0 atom stereocenters. The molecule has 0 radical (unpaired) electrons. The Kier molecular flexibility index (Phi) is 10.3. The first-order valence-corrected chi connectivity index (χ1v) is 23.4. The maximum atomic E-state index is 16.0. The predicted molar refractivity (Wildman–Crippen MR) is 279 cm³/mol. The summed E-state index contributed by atoms with van der Waals surface area (Å²) in [6.07, 6.45) is 30.8. The normalized spacial score (nSPS) is 18.5. The molecule has 334 valence electrons. The number of alkyl halides is 3. The Hall–Kier alpha value is -8.91. The zero-order valence-corrected chi connectivity index (χ0v) is 37.8. The molecule has 2 heterocycles. The molecule has 0 saturated carbocycles. The molecular formula is C63H41F3N4. The summed E-state index contributed by atoms with van der Waals surface area (Å²) >= 11 is 0. The highest BCUT2D eigenvalue weighted by Crippen LogP contribution is 2.47. The molecular weight excluding hydrogens is 870 g/mol. The third-order valence-electron chi connectivity index (χ3n) is 14.0. The first kappa shape index (κ1) is 42.4. The van der Waals surface area contributed by atoms with Gasteiger partial charge >= 0.3 is 6.18 Å². The lowest BCUT2D eigenvalue weighted by molar-refractivity contribution is -0.137. The van der Waals surface area contributed by atoms with Gasteiger partial charge in [0.05, 0.1) is 62.3 Å². The zero-order valence-electron chi connectivity index (χ0n) is 37.8. The van der Waals surface area contributed by atoms with E-state index >= 15 is 13.2 Å². The van der Waals surface area contributed by atoms with Crippen LogP contribution in [0.3, 0.4) is 0 Å². The van der Waals surface area contributed by atoms with Gasteiger partial charge in [0.25, 0.3) is 0 Å². The highest BCUT2D eigenvalue weighted by molar-refractivity contribution is 6.12. The van der Waals surface area contributed by atoms with E-state index in [4.69, 9.17) is 0 Å². The third-order valence-corrected chi connectivity index (χ3v) is 14.0. The molecule has 70 heavy (non-hydrogen) atoms. The van der Waals surface area contributed by atoms with Crippen LogP contribution in [-0.4, -0.2) is 9.13 Å². The van der Waals surface area contributed by atoms with Gasteiger partial charge in [0.1, 0.15) is 0 Å². The van der Waals surface area contributed by atoms with Crippen molar-refractivity contribution in [1.82, 2.24) is 9.13 Å². The minimum Gasteiger partial charge on any atom is -0.308 e. The molecule has 6 aromatic carbocycles. The Labute approximate surface area is 401 Å². The van der Waals surface area contributed by atoms with Crippen LogP contribution < -0.4 is 20.9 Å². The van der Waals surface area contributed by atoms with E-state index in [2.05, 4.69) is 134 Å². The maximum Gasteiger partial charge on any atom is 0.417 e. The third kappa shape index (κ3) is 7.14. The number of hydrogen-bond donors (Lipinski definition) is 0. The molecule has 4 aliphatic carbocycles. The van der Waals surface area contributed by atoms with Crippen LogP contribution >= 0.6 is 0 Å². The van der Waals surface area contributed by atoms with E-state index in [0.29, 0.717) is 37.1 Å². The average molecular weight is 911 g/mol. The molecule has 0 fully saturated rings. The molecule has 0 amide bonds. The topological polar surface area (TPSA) is 57.4 Å². The molecule has 4 aliphatic rings. The summed E-state index contributed by atoms with van der Waals surface area (Å²) < 4.78 is 51.9. The SMILES string of the molecule is N#Cc1cc(-n2c3cc(=C4C=CC=CC4)ccc3c3ccc(=C4C=CC=CC4)cc32)c(-c2c(C#N)cccc2C(F)(F)F)c(-n2c3cc(=C4C=CC=CC4)ccc3c3ccc(=C4C=CC=CC4)cc32)c1. The van der Waals surface area contributed by atoms with Crippen LogP contribution in [0.5, 0.6) is 0 Å². The number of allylic oxidation sites excluding steroid dienone is 16. The molecule has 12 rings (SSSR count). The van der Waals surface area contributed by atoms with Gasteiger partial charge in [-0.2, -0.15) is 23.7 Å². The van der Waals surface area contributed by atoms with Crippen molar-refractivity contribution in [3.05, 3.63) is 238 Å². The van der Waals surface area contributed by atoms with Crippen LogP contribution in [0.25, 0.3) is 88.4 Å². The number of nitrogens with zero attached hydrogens (tertiary/aromatic N) is 4. The molecule has 0 aliphatic heterocycles. The second kappa shape index (κ2) is 17.0. The first-order valence-electron chi connectivity index (χ1n) is 23.4. The second-order valence-corrected chi connectivity index (χ2v) is 18.0. The molecule has 2 aromatic heterocycles. The minimum absolute atomic E-state index is 0.139. The van der Waals surface area contributed by atoms with Crippen LogP contribution in [0.4, 0.5) is 13.2 Å². The van der Waals surface area contributed by atoms with Crippen LogP contribution in [0, 0.1) is 22.7 Å². The molecule has 4 nitrogen and oxygen atoms in total. The molecule has 8 aromatic rings. The van der Waals surface area contributed by atoms with Crippen LogP contribution in [-0.2, 0) is 6.18 Å². The van der Waals surface area contributed by atoms with Crippen LogP contribution in [0.1, 0.15) is 42.4 Å². The zero-order chi connectivity index (χ0) is 47.5. The van der Waals surface area contributed by atoms with Crippen LogP contribution in [0.2, 0.25) is 0 Å². The Balaban J connectivity index is 1.32. The van der Waals surface area contributed by atoms with Crippen molar-refractivity contribution >= 4 is 65.9 Å². The van der Waals surface area contributed by atoms with E-state index in [1.807, 2.05) is 57.7 Å². The summed E-state index contributed by atoms with van der Waals surface area (Å²) in [6.45, 7) is 0. The summed E-state index contributed by atoms with van der Waals surface area (Å²) in [7, 11) is 0. The maximum absolute atomic E-state index is 16.0. The fourth-order valence-corrected chi connectivity index (χ4v) is 10.7. The quantitative estimate of drug-likeness (QED) is 0.177. The lowest BCUT2D eigenvalue weighted by Crippen LogP contribution is -2.13. The van der Waals surface area contributed by atoms with E-state index in [1.54, 1.807) is 12.1 Å². The molecule has 0 unspecified atom stereocenters. The fraction of sp³-hybridized carbons (Fsp3) is 0.0794.